The Labute approximate surface area is 148 Å². The van der Waals surface area contributed by atoms with Crippen LogP contribution in [0, 0.1) is 0 Å². The molecule has 6 heteroatoms. The van der Waals surface area contributed by atoms with Crippen molar-refractivity contribution in [3.8, 4) is 0 Å². The van der Waals surface area contributed by atoms with Crippen molar-refractivity contribution in [2.75, 3.05) is 20.1 Å². The smallest absolute Gasteiger partial charge is 0.254 e. The number of carbonyl (C=O) groups excluding carboxylic acids is 1. The highest BCUT2D eigenvalue weighted by atomic mass is 16.2. The first-order valence-electron chi connectivity index (χ1n) is 9.15. The van der Waals surface area contributed by atoms with Crippen LogP contribution >= 0.6 is 0 Å². The molecule has 2 saturated heterocycles. The normalized spacial score (nSPS) is 24.1. The van der Waals surface area contributed by atoms with Gasteiger partial charge in [-0.1, -0.05) is 12.1 Å². The van der Waals surface area contributed by atoms with Crippen molar-refractivity contribution in [1.82, 2.24) is 24.6 Å². The fourth-order valence-electron chi connectivity index (χ4n) is 4.29. The van der Waals surface area contributed by atoms with Crippen LogP contribution in [-0.2, 0) is 6.54 Å². The average molecular weight is 339 g/mol. The van der Waals surface area contributed by atoms with E-state index < -0.39 is 0 Å². The van der Waals surface area contributed by atoms with Gasteiger partial charge in [-0.2, -0.15) is 5.10 Å². The second-order valence-electron chi connectivity index (χ2n) is 7.19. The Kier molecular flexibility index (Phi) is 4.53. The molecule has 4 rings (SSSR count). The number of likely N-dealkylation sites (N-methyl/N-ethyl adjacent to an activating group) is 1. The number of aromatic nitrogens is 3. The van der Waals surface area contributed by atoms with Crippen LogP contribution in [0.4, 0.5) is 0 Å². The van der Waals surface area contributed by atoms with E-state index in [0.717, 1.165) is 37.1 Å². The van der Waals surface area contributed by atoms with Gasteiger partial charge in [-0.25, -0.2) is 9.67 Å². The first-order chi connectivity index (χ1) is 12.2. The van der Waals surface area contributed by atoms with Crippen LogP contribution in [0.2, 0.25) is 0 Å². The van der Waals surface area contributed by atoms with E-state index in [1.165, 1.54) is 19.2 Å². The third kappa shape index (κ3) is 3.31. The second-order valence-corrected chi connectivity index (χ2v) is 7.19. The largest absolute Gasteiger partial charge is 0.334 e. The van der Waals surface area contributed by atoms with E-state index in [-0.39, 0.29) is 5.91 Å². The highest BCUT2D eigenvalue weighted by molar-refractivity contribution is 5.94. The molecular formula is C19H25N5O. The quantitative estimate of drug-likeness (QED) is 0.855. The van der Waals surface area contributed by atoms with Crippen LogP contribution < -0.4 is 0 Å². The molecule has 3 heterocycles. The maximum absolute atomic E-state index is 13.0. The van der Waals surface area contributed by atoms with Crippen molar-refractivity contribution < 1.29 is 4.79 Å². The Morgan fingerprint density at radius 2 is 1.88 bits per heavy atom. The third-order valence-electron chi connectivity index (χ3n) is 5.59. The van der Waals surface area contributed by atoms with Crippen LogP contribution in [0.25, 0.3) is 0 Å². The number of carbonyl (C=O) groups is 1. The molecule has 0 spiro atoms. The number of nitrogens with zero attached hydrogens (tertiary/aromatic N) is 5. The molecule has 25 heavy (non-hydrogen) atoms. The van der Waals surface area contributed by atoms with Crippen LogP contribution in [0.3, 0.4) is 0 Å². The molecule has 2 aliphatic heterocycles. The zero-order valence-electron chi connectivity index (χ0n) is 14.7. The minimum Gasteiger partial charge on any atom is -0.334 e. The van der Waals surface area contributed by atoms with Crippen LogP contribution in [0.1, 0.15) is 41.6 Å². The number of rotatable bonds is 4. The predicted octanol–water partition coefficient (Wildman–Crippen LogP) is 2.03. The lowest BCUT2D eigenvalue weighted by atomic mass is 10.0. The summed E-state index contributed by atoms with van der Waals surface area (Å²) in [7, 11) is 2.19. The summed E-state index contributed by atoms with van der Waals surface area (Å²) in [5.74, 6) is 0.176. The fraction of sp³-hybridized carbons (Fsp3) is 0.526. The monoisotopic (exact) mass is 339 g/mol. The van der Waals surface area contributed by atoms with E-state index in [4.69, 9.17) is 0 Å². The van der Waals surface area contributed by atoms with Gasteiger partial charge in [-0.3, -0.25) is 4.79 Å². The molecule has 0 unspecified atom stereocenters. The molecule has 0 radical (unpaired) electrons. The maximum atomic E-state index is 13.0. The SMILES string of the molecule is CN1CCC[C@H]1[C@H]1CCCN1C(=O)c1ccc(Cn2cncn2)cc1. The molecule has 132 valence electrons. The third-order valence-corrected chi connectivity index (χ3v) is 5.59. The number of amides is 1. The molecule has 2 aliphatic rings. The summed E-state index contributed by atoms with van der Waals surface area (Å²) in [5.41, 5.74) is 1.91. The summed E-state index contributed by atoms with van der Waals surface area (Å²) in [6.45, 7) is 2.71. The van der Waals surface area contributed by atoms with Gasteiger partial charge in [0.05, 0.1) is 6.54 Å². The Morgan fingerprint density at radius 1 is 1.12 bits per heavy atom. The van der Waals surface area contributed by atoms with Crippen molar-refractivity contribution in [3.63, 3.8) is 0 Å². The highest BCUT2D eigenvalue weighted by Gasteiger charge is 2.38. The number of hydrogen-bond acceptors (Lipinski definition) is 4. The lowest BCUT2D eigenvalue weighted by molar-refractivity contribution is 0.0664. The van der Waals surface area contributed by atoms with Gasteiger partial charge in [0.15, 0.2) is 0 Å². The fourth-order valence-corrected chi connectivity index (χ4v) is 4.29. The zero-order valence-corrected chi connectivity index (χ0v) is 14.7. The summed E-state index contributed by atoms with van der Waals surface area (Å²) in [6.07, 6.45) is 7.94. The summed E-state index contributed by atoms with van der Waals surface area (Å²) in [4.78, 5) is 21.5. The second kappa shape index (κ2) is 6.96. The first-order valence-corrected chi connectivity index (χ1v) is 9.15. The minimum atomic E-state index is 0.176. The van der Waals surface area contributed by atoms with E-state index >= 15 is 0 Å². The predicted molar refractivity (Wildman–Crippen MR) is 95.3 cm³/mol. The van der Waals surface area contributed by atoms with E-state index in [2.05, 4.69) is 26.9 Å². The lowest BCUT2D eigenvalue weighted by Crippen LogP contribution is -2.47. The maximum Gasteiger partial charge on any atom is 0.254 e. The Hall–Kier alpha value is -2.21. The number of likely N-dealkylation sites (tertiary alicyclic amines) is 2. The molecule has 6 nitrogen and oxygen atoms in total. The van der Waals surface area contributed by atoms with Gasteiger partial charge >= 0.3 is 0 Å². The van der Waals surface area contributed by atoms with E-state index in [0.29, 0.717) is 18.6 Å². The van der Waals surface area contributed by atoms with Gasteiger partial charge in [-0.05, 0) is 57.0 Å². The van der Waals surface area contributed by atoms with Crippen LogP contribution in [-0.4, -0.2) is 62.7 Å². The molecular weight excluding hydrogens is 314 g/mol. The molecule has 0 aliphatic carbocycles. The Balaban J connectivity index is 1.46. The molecule has 1 aromatic heterocycles. The molecule has 1 aromatic carbocycles. The lowest BCUT2D eigenvalue weighted by Gasteiger charge is -2.33. The first kappa shape index (κ1) is 16.3. The molecule has 0 N–H and O–H groups in total. The zero-order chi connectivity index (χ0) is 17.2. The van der Waals surface area contributed by atoms with Crippen molar-refractivity contribution in [1.29, 1.82) is 0 Å². The summed E-state index contributed by atoms with van der Waals surface area (Å²) in [6, 6.07) is 8.82. The Morgan fingerprint density at radius 3 is 2.56 bits per heavy atom. The van der Waals surface area contributed by atoms with Crippen molar-refractivity contribution in [2.24, 2.45) is 0 Å². The molecule has 0 bridgehead atoms. The van der Waals surface area contributed by atoms with Gasteiger partial charge < -0.3 is 9.80 Å². The van der Waals surface area contributed by atoms with E-state index in [9.17, 15) is 4.79 Å². The van der Waals surface area contributed by atoms with Crippen molar-refractivity contribution >= 4 is 5.91 Å². The number of hydrogen-bond donors (Lipinski definition) is 0. The van der Waals surface area contributed by atoms with Crippen LogP contribution in [0.5, 0.6) is 0 Å². The van der Waals surface area contributed by atoms with E-state index in [1.807, 2.05) is 24.3 Å². The van der Waals surface area contributed by atoms with Crippen molar-refractivity contribution in [2.45, 2.75) is 44.3 Å². The standard InChI is InChI=1S/C19H25N5O/c1-22-10-2-4-17(22)18-5-3-11-24(18)19(25)16-8-6-15(7-9-16)12-23-14-20-13-21-23/h6-9,13-14,17-18H,2-5,10-12H2,1H3/t17-,18+/m0/s1. The average Bonchev–Trinajstić information content (AvgIpc) is 3.36. The molecule has 1 amide bonds. The minimum absolute atomic E-state index is 0.176. The van der Waals surface area contributed by atoms with Gasteiger partial charge in [0.1, 0.15) is 12.7 Å². The van der Waals surface area contributed by atoms with Gasteiger partial charge in [0.2, 0.25) is 0 Å². The summed E-state index contributed by atoms with van der Waals surface area (Å²) >= 11 is 0. The molecule has 2 aromatic rings. The number of benzene rings is 1. The van der Waals surface area contributed by atoms with Gasteiger partial charge in [0, 0.05) is 24.2 Å². The Bertz CT molecular complexity index is 712. The van der Waals surface area contributed by atoms with Crippen molar-refractivity contribution in [3.05, 3.63) is 48.0 Å². The summed E-state index contributed by atoms with van der Waals surface area (Å²) < 4.78 is 1.78. The van der Waals surface area contributed by atoms with E-state index in [1.54, 1.807) is 11.0 Å². The van der Waals surface area contributed by atoms with Gasteiger partial charge in [0.25, 0.3) is 5.91 Å². The topological polar surface area (TPSA) is 54.3 Å². The van der Waals surface area contributed by atoms with Crippen LogP contribution in [0.15, 0.2) is 36.9 Å². The van der Waals surface area contributed by atoms with Gasteiger partial charge in [-0.15, -0.1) is 0 Å². The highest BCUT2D eigenvalue weighted by Crippen LogP contribution is 2.30. The molecule has 0 saturated carbocycles. The molecule has 2 atom stereocenters. The summed E-state index contributed by atoms with van der Waals surface area (Å²) in [5, 5.41) is 4.12. The molecule has 2 fully saturated rings.